The maximum absolute atomic E-state index is 9.81. The fraction of sp³-hybridized carbons (Fsp3) is 0.433. The van der Waals surface area contributed by atoms with Crippen molar-refractivity contribution < 1.29 is 5.11 Å². The molecule has 0 spiro atoms. The van der Waals surface area contributed by atoms with Crippen molar-refractivity contribution in [3.63, 3.8) is 0 Å². The van der Waals surface area contributed by atoms with Crippen LogP contribution in [0.15, 0.2) is 47.0 Å². The number of likely N-dealkylation sites (tertiary alicyclic amines) is 1. The van der Waals surface area contributed by atoms with Gasteiger partial charge >= 0.3 is 0 Å². The van der Waals surface area contributed by atoms with Crippen molar-refractivity contribution in [1.82, 2.24) is 14.2 Å². The van der Waals surface area contributed by atoms with Crippen LogP contribution in [-0.2, 0) is 7.05 Å². The molecule has 2 N–H and O–H groups in total. The van der Waals surface area contributed by atoms with Crippen LogP contribution in [-0.4, -0.2) is 39.8 Å². The Morgan fingerprint density at radius 1 is 1.22 bits per heavy atom. The number of nitrogens with zero attached hydrogens (tertiary/aromatic N) is 3. The molecule has 2 aromatic rings. The van der Waals surface area contributed by atoms with Gasteiger partial charge in [0.15, 0.2) is 0 Å². The third-order valence-corrected chi connectivity index (χ3v) is 8.13. The molecule has 6 heteroatoms. The van der Waals surface area contributed by atoms with E-state index in [4.69, 9.17) is 0 Å². The first-order chi connectivity index (χ1) is 17.2. The van der Waals surface area contributed by atoms with Crippen molar-refractivity contribution in [1.29, 1.82) is 5.26 Å². The van der Waals surface area contributed by atoms with Gasteiger partial charge in [0.1, 0.15) is 11.0 Å². The molecule has 1 fully saturated rings. The SMILES string of the molecule is C=c1cc(-c2ccc(/C(C)=C(\C#N)SNC(C)(C)CCO)n2C)cc/c1=C/C(=CC)N1CCCCC1. The molecule has 0 radical (unpaired) electrons. The number of aromatic nitrogens is 1. The number of nitrogens with one attached hydrogen (secondary N) is 1. The summed E-state index contributed by atoms with van der Waals surface area (Å²) in [6.07, 6.45) is 8.90. The third kappa shape index (κ3) is 6.73. The van der Waals surface area contributed by atoms with Crippen LogP contribution >= 0.6 is 11.9 Å². The lowest BCUT2D eigenvalue weighted by Crippen LogP contribution is -2.35. The van der Waals surface area contributed by atoms with Crippen molar-refractivity contribution >= 4 is 30.2 Å². The Bertz CT molecular complexity index is 1270. The largest absolute Gasteiger partial charge is 0.396 e. The second kappa shape index (κ2) is 12.5. The summed E-state index contributed by atoms with van der Waals surface area (Å²) in [4.78, 5) is 3.09. The normalized spacial score (nSPS) is 16.2. The van der Waals surface area contributed by atoms with E-state index in [1.54, 1.807) is 0 Å². The van der Waals surface area contributed by atoms with E-state index in [0.717, 1.165) is 46.1 Å². The van der Waals surface area contributed by atoms with Crippen LogP contribution in [0.2, 0.25) is 0 Å². The molecule has 192 valence electrons. The molecular formula is C30H40N4OS. The summed E-state index contributed by atoms with van der Waals surface area (Å²) in [7, 11) is 2.04. The van der Waals surface area contributed by atoms with Gasteiger partial charge < -0.3 is 14.6 Å². The number of aliphatic hydroxyl groups excluding tert-OH is 1. The van der Waals surface area contributed by atoms with Crippen LogP contribution in [0.5, 0.6) is 0 Å². The Morgan fingerprint density at radius 2 is 1.94 bits per heavy atom. The molecule has 1 aliphatic heterocycles. The molecule has 2 heterocycles. The molecule has 1 aromatic carbocycles. The lowest BCUT2D eigenvalue weighted by molar-refractivity contribution is 0.248. The number of aliphatic hydroxyl groups is 1. The molecule has 5 nitrogen and oxygen atoms in total. The van der Waals surface area contributed by atoms with Gasteiger partial charge in [0.05, 0.1) is 0 Å². The Balaban J connectivity index is 1.88. The Labute approximate surface area is 220 Å². The predicted molar refractivity (Wildman–Crippen MR) is 154 cm³/mol. The minimum Gasteiger partial charge on any atom is -0.396 e. The van der Waals surface area contributed by atoms with Gasteiger partial charge in [-0.2, -0.15) is 5.26 Å². The van der Waals surface area contributed by atoms with Crippen molar-refractivity contribution in [2.24, 2.45) is 7.05 Å². The molecule has 1 saturated heterocycles. The predicted octanol–water partition coefficient (Wildman–Crippen LogP) is 4.93. The van der Waals surface area contributed by atoms with Gasteiger partial charge in [-0.15, -0.1) is 0 Å². The van der Waals surface area contributed by atoms with E-state index in [1.165, 1.54) is 36.9 Å². The summed E-state index contributed by atoms with van der Waals surface area (Å²) in [5.41, 5.74) is 5.10. The Hall–Kier alpha value is -2.72. The molecule has 0 atom stereocenters. The van der Waals surface area contributed by atoms with E-state index in [1.807, 2.05) is 27.8 Å². The standard InChI is InChI=1S/C30H40N4OS/c1-7-26(34-16-9-8-10-17-34)20-24-11-12-25(19-22(24)2)28-14-13-27(33(28)6)23(3)29(21-31)36-32-30(4,5)15-18-35/h7,11-14,19-20,32,35H,2,8-10,15-18H2,1,3-6H3/b24-20-,26-7?,29-23+. The van der Waals surface area contributed by atoms with Crippen LogP contribution in [0.4, 0.5) is 0 Å². The highest BCUT2D eigenvalue weighted by atomic mass is 32.2. The van der Waals surface area contributed by atoms with Crippen molar-refractivity contribution in [3.05, 3.63) is 63.1 Å². The topological polar surface area (TPSA) is 64.2 Å². The number of hydrogen-bond acceptors (Lipinski definition) is 5. The zero-order valence-corrected chi connectivity index (χ0v) is 23.2. The molecule has 0 amide bonds. The summed E-state index contributed by atoms with van der Waals surface area (Å²) in [6, 6.07) is 13.0. The lowest BCUT2D eigenvalue weighted by Gasteiger charge is -2.29. The summed E-state index contributed by atoms with van der Waals surface area (Å²) < 4.78 is 5.46. The average molecular weight is 505 g/mol. The Kier molecular flexibility index (Phi) is 9.67. The van der Waals surface area contributed by atoms with Crippen LogP contribution in [0.1, 0.15) is 59.1 Å². The van der Waals surface area contributed by atoms with E-state index in [-0.39, 0.29) is 12.1 Å². The van der Waals surface area contributed by atoms with Crippen LogP contribution in [0, 0.1) is 11.3 Å². The molecule has 3 rings (SSSR count). The van der Waals surface area contributed by atoms with Gasteiger partial charge in [-0.25, -0.2) is 0 Å². The monoisotopic (exact) mass is 504 g/mol. The number of piperidine rings is 1. The minimum absolute atomic E-state index is 0.103. The summed E-state index contributed by atoms with van der Waals surface area (Å²) in [6.45, 7) is 14.8. The quantitative estimate of drug-likeness (QED) is 0.375. The number of benzene rings is 1. The first-order valence-electron chi connectivity index (χ1n) is 12.7. The van der Waals surface area contributed by atoms with Crippen LogP contribution in [0.25, 0.3) is 29.5 Å². The average Bonchev–Trinajstić information content (AvgIpc) is 3.25. The Morgan fingerprint density at radius 3 is 2.56 bits per heavy atom. The van der Waals surface area contributed by atoms with Gasteiger partial charge in [-0.05, 0) is 111 Å². The summed E-state index contributed by atoms with van der Waals surface area (Å²) in [5, 5.41) is 21.2. The smallest absolute Gasteiger partial charge is 0.108 e. The second-order valence-corrected chi connectivity index (χ2v) is 10.9. The van der Waals surface area contributed by atoms with Crippen LogP contribution in [0.3, 0.4) is 0 Å². The highest BCUT2D eigenvalue weighted by Crippen LogP contribution is 2.30. The highest BCUT2D eigenvalue weighted by molar-refractivity contribution is 8.01. The molecule has 1 aliphatic rings. The fourth-order valence-corrected chi connectivity index (χ4v) is 5.36. The van der Waals surface area contributed by atoms with Gasteiger partial charge in [-0.1, -0.05) is 24.8 Å². The fourth-order valence-electron chi connectivity index (χ4n) is 4.57. The summed E-state index contributed by atoms with van der Waals surface area (Å²) >= 11 is 1.33. The number of hydrogen-bond donors (Lipinski definition) is 2. The van der Waals surface area contributed by atoms with E-state index in [9.17, 15) is 10.4 Å². The van der Waals surface area contributed by atoms with E-state index in [2.05, 4.69) is 76.2 Å². The van der Waals surface area contributed by atoms with E-state index >= 15 is 0 Å². The van der Waals surface area contributed by atoms with Crippen molar-refractivity contribution in [3.8, 4) is 17.3 Å². The second-order valence-electron chi connectivity index (χ2n) is 10.1. The van der Waals surface area contributed by atoms with Gasteiger partial charge in [0.2, 0.25) is 0 Å². The summed E-state index contributed by atoms with van der Waals surface area (Å²) in [5.74, 6) is 0. The first-order valence-corrected chi connectivity index (χ1v) is 13.6. The lowest BCUT2D eigenvalue weighted by atomic mass is 10.0. The number of nitriles is 1. The molecule has 0 saturated carbocycles. The molecule has 0 unspecified atom stereocenters. The molecule has 1 aromatic heterocycles. The maximum atomic E-state index is 9.81. The van der Waals surface area contributed by atoms with Gasteiger partial charge in [0.25, 0.3) is 0 Å². The molecule has 0 bridgehead atoms. The van der Waals surface area contributed by atoms with Crippen LogP contribution < -0.4 is 15.2 Å². The van der Waals surface area contributed by atoms with Gasteiger partial charge in [0, 0.05) is 49.4 Å². The zero-order valence-electron chi connectivity index (χ0n) is 22.4. The van der Waals surface area contributed by atoms with Gasteiger partial charge in [-0.3, -0.25) is 4.72 Å². The van der Waals surface area contributed by atoms with E-state index < -0.39 is 0 Å². The van der Waals surface area contributed by atoms with Crippen molar-refractivity contribution in [2.75, 3.05) is 19.7 Å². The zero-order chi connectivity index (χ0) is 26.3. The highest BCUT2D eigenvalue weighted by Gasteiger charge is 2.19. The molecule has 36 heavy (non-hydrogen) atoms. The molecule has 0 aliphatic carbocycles. The van der Waals surface area contributed by atoms with Crippen molar-refractivity contribution in [2.45, 2.75) is 58.9 Å². The minimum atomic E-state index is -0.273. The number of rotatable bonds is 9. The number of allylic oxidation sites excluding steroid dienone is 4. The molecular weight excluding hydrogens is 464 g/mol. The first kappa shape index (κ1) is 27.9. The third-order valence-electron chi connectivity index (χ3n) is 6.87. The van der Waals surface area contributed by atoms with E-state index in [0.29, 0.717) is 11.3 Å². The maximum Gasteiger partial charge on any atom is 0.108 e.